The minimum Gasteiger partial charge on any atom is -0.418 e. The molecule has 0 spiro atoms. The van der Waals surface area contributed by atoms with Gasteiger partial charge in [-0.2, -0.15) is 0 Å². The molecule has 0 aliphatic carbocycles. The Labute approximate surface area is 87.6 Å². The summed E-state index contributed by atoms with van der Waals surface area (Å²) in [5, 5.41) is 0. The summed E-state index contributed by atoms with van der Waals surface area (Å²) in [6.45, 7) is 5.59. The van der Waals surface area contributed by atoms with E-state index < -0.39 is 7.25 Å². The summed E-state index contributed by atoms with van der Waals surface area (Å²) in [7, 11) is -3.89. The smallest absolute Gasteiger partial charge is 0.418 e. The molecule has 0 aromatic heterocycles. The molecule has 1 aliphatic heterocycles. The molecule has 1 heterocycles. The highest BCUT2D eigenvalue weighted by molar-refractivity contribution is 6.50. The summed E-state index contributed by atoms with van der Waals surface area (Å²) >= 11 is 0. The average Bonchev–Trinajstić information content (AvgIpc) is 2.34. The van der Waals surface area contributed by atoms with Gasteiger partial charge in [-0.25, -0.2) is 0 Å². The molecule has 1 unspecified atom stereocenters. The molecule has 15 heavy (non-hydrogen) atoms. The van der Waals surface area contributed by atoms with E-state index in [9.17, 15) is 17.3 Å². The molecule has 0 saturated heterocycles. The number of nitrogens with zero attached hydrogens (tertiary/aromatic N) is 2. The largest absolute Gasteiger partial charge is 0.673 e. The first kappa shape index (κ1) is 14.1. The first-order chi connectivity index (χ1) is 6.75. The number of hydrogen-bond acceptors (Lipinski definition) is 2. The van der Waals surface area contributed by atoms with E-state index in [1.165, 1.54) is 13.0 Å². The topological polar surface area (TPSA) is 6.48 Å². The maximum absolute atomic E-state index is 9.75. The first-order valence-electron chi connectivity index (χ1n) is 4.79. The second-order valence-electron chi connectivity index (χ2n) is 3.33. The monoisotopic (exact) mass is 227 g/mol. The highest BCUT2D eigenvalue weighted by Crippen LogP contribution is 2.12. The van der Waals surface area contributed by atoms with E-state index in [2.05, 4.69) is 43.1 Å². The van der Waals surface area contributed by atoms with E-state index in [0.717, 1.165) is 0 Å². The molecule has 0 radical (unpaired) electrons. The van der Waals surface area contributed by atoms with Crippen LogP contribution in [-0.2, 0) is 0 Å². The Balaban J connectivity index is 0.000000336. The molecule has 1 rings (SSSR count). The Morgan fingerprint density at radius 3 is 1.93 bits per heavy atom. The quantitative estimate of drug-likeness (QED) is 0.528. The molecule has 1 atom stereocenters. The molecule has 0 fully saturated rings. The van der Waals surface area contributed by atoms with Gasteiger partial charge in [0, 0.05) is 26.0 Å². The fourth-order valence-electron chi connectivity index (χ4n) is 1.19. The Morgan fingerprint density at radius 2 is 1.67 bits per heavy atom. The van der Waals surface area contributed by atoms with Crippen LogP contribution in [0.15, 0.2) is 12.4 Å². The molecule has 1 aliphatic rings. The lowest BCUT2D eigenvalue weighted by Gasteiger charge is -2.26. The predicted octanol–water partition coefficient (Wildman–Crippen LogP) is 2.76. The number of hydrogen-bond donors (Lipinski definition) is 0. The number of rotatable bonds is 2. The first-order valence-corrected chi connectivity index (χ1v) is 4.79. The predicted molar refractivity (Wildman–Crippen MR) is 53.5 cm³/mol. The van der Waals surface area contributed by atoms with Crippen molar-refractivity contribution >= 4 is 7.25 Å². The third-order valence-corrected chi connectivity index (χ3v) is 2.04. The van der Waals surface area contributed by atoms with Crippen LogP contribution in [0.4, 0.5) is 17.3 Å². The fraction of sp³-hybridized carbons (Fsp3) is 0.750. The van der Waals surface area contributed by atoms with Crippen LogP contribution in [0.1, 0.15) is 20.3 Å². The van der Waals surface area contributed by atoms with Gasteiger partial charge in [-0.1, -0.05) is 6.92 Å². The van der Waals surface area contributed by atoms with Crippen molar-refractivity contribution in [2.24, 2.45) is 0 Å². The summed E-state index contributed by atoms with van der Waals surface area (Å²) < 4.78 is 39.0. The maximum atomic E-state index is 9.75. The normalized spacial score (nSPS) is 20.3. The molecule has 0 amide bonds. The van der Waals surface area contributed by atoms with Crippen molar-refractivity contribution in [3.63, 3.8) is 0 Å². The highest BCUT2D eigenvalue weighted by atomic mass is 19.5. The lowest BCUT2D eigenvalue weighted by Crippen LogP contribution is -2.33. The van der Waals surface area contributed by atoms with Gasteiger partial charge in [0.15, 0.2) is 0 Å². The highest BCUT2D eigenvalue weighted by Gasteiger charge is 2.20. The zero-order chi connectivity index (χ0) is 12.1. The molecular weight excluding hydrogens is 211 g/mol. The van der Waals surface area contributed by atoms with Gasteiger partial charge in [0.25, 0.3) is 0 Å². The van der Waals surface area contributed by atoms with Crippen LogP contribution in [0.25, 0.3) is 0 Å². The molecule has 0 bridgehead atoms. The molecular formula is C8H16BF4N2-. The van der Waals surface area contributed by atoms with Gasteiger partial charge < -0.3 is 27.1 Å². The lowest BCUT2D eigenvalue weighted by atomic mass is 10.3. The van der Waals surface area contributed by atoms with Crippen LogP contribution < -0.4 is 0 Å². The molecule has 0 saturated carbocycles. The van der Waals surface area contributed by atoms with E-state index in [4.69, 9.17) is 0 Å². The fourth-order valence-corrected chi connectivity index (χ4v) is 1.19. The Bertz CT molecular complexity index is 201. The SMILES string of the molecule is CCCN1C=CN(C)C1C.F[B-](F)(F)F. The van der Waals surface area contributed by atoms with Crippen molar-refractivity contribution < 1.29 is 17.3 Å². The van der Waals surface area contributed by atoms with Crippen molar-refractivity contribution in [3.8, 4) is 0 Å². The van der Waals surface area contributed by atoms with E-state index >= 15 is 0 Å². The molecule has 90 valence electrons. The zero-order valence-electron chi connectivity index (χ0n) is 9.13. The van der Waals surface area contributed by atoms with Crippen LogP contribution in [-0.4, -0.2) is 36.8 Å². The summed E-state index contributed by atoms with van der Waals surface area (Å²) in [6.07, 6.45) is 6.07. The van der Waals surface area contributed by atoms with Crippen molar-refractivity contribution in [3.05, 3.63) is 12.4 Å². The summed E-state index contributed by atoms with van der Waals surface area (Å²) in [6, 6.07) is 0. The van der Waals surface area contributed by atoms with Gasteiger partial charge in [0.1, 0.15) is 0 Å². The molecule has 0 N–H and O–H groups in total. The summed E-state index contributed by atoms with van der Waals surface area (Å²) in [4.78, 5) is 4.57. The number of halogens is 4. The van der Waals surface area contributed by atoms with Crippen LogP contribution in [0.3, 0.4) is 0 Å². The van der Waals surface area contributed by atoms with Crippen molar-refractivity contribution in [2.45, 2.75) is 26.4 Å². The van der Waals surface area contributed by atoms with Gasteiger partial charge in [-0.3, -0.25) is 0 Å². The van der Waals surface area contributed by atoms with Gasteiger partial charge >= 0.3 is 7.25 Å². The third kappa shape index (κ3) is 7.10. The molecule has 2 nitrogen and oxygen atoms in total. The standard InChI is InChI=1S/C8H16N2.BF4/c1-4-5-10-7-6-9(3)8(10)2;2-1(3,4)5/h6-8H,4-5H2,1-3H3;/q;-1. The Hall–Kier alpha value is -0.875. The Morgan fingerprint density at radius 1 is 1.20 bits per heavy atom. The minimum absolute atomic E-state index is 0.556. The van der Waals surface area contributed by atoms with Gasteiger partial charge in [0.05, 0.1) is 6.17 Å². The van der Waals surface area contributed by atoms with Crippen LogP contribution in [0, 0.1) is 0 Å². The van der Waals surface area contributed by atoms with Crippen LogP contribution in [0.2, 0.25) is 0 Å². The van der Waals surface area contributed by atoms with Gasteiger partial charge in [-0.15, -0.1) is 0 Å². The van der Waals surface area contributed by atoms with Crippen molar-refractivity contribution in [1.29, 1.82) is 0 Å². The van der Waals surface area contributed by atoms with E-state index in [1.54, 1.807) is 0 Å². The third-order valence-electron chi connectivity index (χ3n) is 2.04. The second kappa shape index (κ2) is 5.87. The lowest BCUT2D eigenvalue weighted by molar-refractivity contribution is 0.195. The zero-order valence-corrected chi connectivity index (χ0v) is 9.13. The summed E-state index contributed by atoms with van der Waals surface area (Å²) in [5.74, 6) is 0. The van der Waals surface area contributed by atoms with Gasteiger partial charge in [-0.05, 0) is 13.3 Å². The summed E-state index contributed by atoms with van der Waals surface area (Å²) in [5.41, 5.74) is 0. The molecule has 0 aromatic rings. The van der Waals surface area contributed by atoms with Crippen LogP contribution >= 0.6 is 0 Å². The Kier molecular flexibility index (Phi) is 5.53. The van der Waals surface area contributed by atoms with Crippen molar-refractivity contribution in [1.82, 2.24) is 9.80 Å². The van der Waals surface area contributed by atoms with E-state index in [1.807, 2.05) is 0 Å². The molecule has 7 heteroatoms. The van der Waals surface area contributed by atoms with Gasteiger partial charge in [0.2, 0.25) is 0 Å². The average molecular weight is 227 g/mol. The van der Waals surface area contributed by atoms with E-state index in [-0.39, 0.29) is 0 Å². The second-order valence-corrected chi connectivity index (χ2v) is 3.33. The maximum Gasteiger partial charge on any atom is 0.673 e. The molecule has 0 aromatic carbocycles. The van der Waals surface area contributed by atoms with E-state index in [0.29, 0.717) is 6.17 Å². The van der Waals surface area contributed by atoms with Crippen molar-refractivity contribution in [2.75, 3.05) is 13.6 Å². The minimum atomic E-state index is -6.00. The van der Waals surface area contributed by atoms with Crippen LogP contribution in [0.5, 0.6) is 0 Å².